The maximum atomic E-state index is 9.87. The molecule has 3 nitrogen and oxygen atoms in total. The molecular weight excluding hydrogens is 264 g/mol. The third-order valence-electron chi connectivity index (χ3n) is 4.25. The molecule has 0 amide bonds. The Morgan fingerprint density at radius 2 is 2.11 bits per heavy atom. The lowest BCUT2D eigenvalue weighted by Gasteiger charge is -2.17. The standard InChI is InChI=1S/C15H19ClO3/c16-10-6-9(14(18)7-10)8-19-15-3-1-2-11-12(15)4-5-13(11)17/h1-3,9-10,13-14,17-18H,4-8H2/t9-,10-,13?,14+/m0/s1. The lowest BCUT2D eigenvalue weighted by atomic mass is 10.1. The second kappa shape index (κ2) is 5.31. The molecule has 2 aliphatic carbocycles. The highest BCUT2D eigenvalue weighted by Gasteiger charge is 2.32. The number of benzene rings is 1. The van der Waals surface area contributed by atoms with Crippen LogP contribution in [0.25, 0.3) is 0 Å². The van der Waals surface area contributed by atoms with Crippen LogP contribution >= 0.6 is 11.6 Å². The van der Waals surface area contributed by atoms with E-state index in [0.717, 1.165) is 36.1 Å². The molecule has 19 heavy (non-hydrogen) atoms. The summed E-state index contributed by atoms with van der Waals surface area (Å²) in [5.74, 6) is 0.962. The van der Waals surface area contributed by atoms with Gasteiger partial charge in [-0.25, -0.2) is 0 Å². The Balaban J connectivity index is 1.68. The molecule has 0 heterocycles. The summed E-state index contributed by atoms with van der Waals surface area (Å²) in [4.78, 5) is 0. The molecule has 4 atom stereocenters. The van der Waals surface area contributed by atoms with Crippen molar-refractivity contribution in [2.45, 2.75) is 43.3 Å². The lowest BCUT2D eigenvalue weighted by molar-refractivity contribution is 0.0983. The van der Waals surface area contributed by atoms with Gasteiger partial charge in [0.25, 0.3) is 0 Å². The van der Waals surface area contributed by atoms with Crippen LogP contribution < -0.4 is 4.74 Å². The van der Waals surface area contributed by atoms with Gasteiger partial charge in [-0.3, -0.25) is 0 Å². The van der Waals surface area contributed by atoms with E-state index in [1.165, 1.54) is 0 Å². The van der Waals surface area contributed by atoms with E-state index in [0.29, 0.717) is 13.0 Å². The number of ether oxygens (including phenoxy) is 1. The highest BCUT2D eigenvalue weighted by Crippen LogP contribution is 2.37. The highest BCUT2D eigenvalue weighted by molar-refractivity contribution is 6.20. The Bertz CT molecular complexity index is 463. The summed E-state index contributed by atoms with van der Waals surface area (Å²) in [6.45, 7) is 0.497. The number of rotatable bonds is 3. The Morgan fingerprint density at radius 1 is 1.26 bits per heavy atom. The number of aliphatic hydroxyl groups excluding tert-OH is 2. The summed E-state index contributed by atoms with van der Waals surface area (Å²) >= 11 is 6.05. The van der Waals surface area contributed by atoms with Crippen LogP contribution in [0.2, 0.25) is 0 Å². The SMILES string of the molecule is OC1CCc2c(OC[C@@H]3C[C@H](Cl)C[C@H]3O)cccc21. The van der Waals surface area contributed by atoms with Gasteiger partial charge in [0.15, 0.2) is 0 Å². The largest absolute Gasteiger partial charge is 0.493 e. The van der Waals surface area contributed by atoms with Crippen molar-refractivity contribution in [2.75, 3.05) is 6.61 Å². The first-order valence-corrected chi connectivity index (χ1v) is 7.33. The smallest absolute Gasteiger partial charge is 0.122 e. The van der Waals surface area contributed by atoms with Gasteiger partial charge >= 0.3 is 0 Å². The van der Waals surface area contributed by atoms with Gasteiger partial charge in [0.05, 0.1) is 18.8 Å². The van der Waals surface area contributed by atoms with Crippen molar-refractivity contribution in [3.8, 4) is 5.75 Å². The first-order valence-electron chi connectivity index (χ1n) is 6.90. The highest BCUT2D eigenvalue weighted by atomic mass is 35.5. The normalized spacial score (nSPS) is 33.4. The molecule has 1 fully saturated rings. The first-order chi connectivity index (χ1) is 9.15. The predicted octanol–water partition coefficient (Wildman–Crippen LogP) is 2.42. The van der Waals surface area contributed by atoms with Crippen LogP contribution in [0.1, 0.15) is 36.5 Å². The maximum absolute atomic E-state index is 9.87. The van der Waals surface area contributed by atoms with E-state index in [1.54, 1.807) is 0 Å². The van der Waals surface area contributed by atoms with Crippen LogP contribution in [0.4, 0.5) is 0 Å². The Hall–Kier alpha value is -0.770. The van der Waals surface area contributed by atoms with E-state index >= 15 is 0 Å². The van der Waals surface area contributed by atoms with E-state index < -0.39 is 0 Å². The third-order valence-corrected chi connectivity index (χ3v) is 4.61. The van der Waals surface area contributed by atoms with Crippen molar-refractivity contribution in [3.63, 3.8) is 0 Å². The Morgan fingerprint density at radius 3 is 2.84 bits per heavy atom. The molecule has 3 rings (SSSR count). The van der Waals surface area contributed by atoms with Gasteiger partial charge in [0.1, 0.15) is 5.75 Å². The molecule has 0 saturated heterocycles. The molecular formula is C15H19ClO3. The monoisotopic (exact) mass is 282 g/mol. The first kappa shape index (κ1) is 13.2. The van der Waals surface area contributed by atoms with Crippen LogP contribution in [-0.2, 0) is 6.42 Å². The quantitative estimate of drug-likeness (QED) is 0.837. The zero-order valence-electron chi connectivity index (χ0n) is 10.8. The molecule has 1 aromatic carbocycles. The van der Waals surface area contributed by atoms with Gasteiger partial charge in [-0.05, 0) is 37.3 Å². The van der Waals surface area contributed by atoms with E-state index in [9.17, 15) is 10.2 Å². The van der Waals surface area contributed by atoms with Crippen molar-refractivity contribution in [2.24, 2.45) is 5.92 Å². The number of aliphatic hydroxyl groups is 2. The predicted molar refractivity (Wildman–Crippen MR) is 73.6 cm³/mol. The summed E-state index contributed by atoms with van der Waals surface area (Å²) in [5, 5.41) is 19.8. The summed E-state index contributed by atoms with van der Waals surface area (Å²) in [6.07, 6.45) is 2.37. The minimum absolute atomic E-state index is 0.0620. The van der Waals surface area contributed by atoms with Crippen molar-refractivity contribution in [1.29, 1.82) is 0 Å². The molecule has 2 aliphatic rings. The fourth-order valence-electron chi connectivity index (χ4n) is 3.15. The molecule has 4 heteroatoms. The fourth-order valence-corrected chi connectivity index (χ4v) is 3.56. The number of alkyl halides is 1. The molecule has 1 saturated carbocycles. The van der Waals surface area contributed by atoms with Crippen LogP contribution in [0.5, 0.6) is 5.75 Å². The summed E-state index contributed by atoms with van der Waals surface area (Å²) in [7, 11) is 0. The molecule has 0 aliphatic heterocycles. The molecule has 0 bridgehead atoms. The van der Waals surface area contributed by atoms with Crippen LogP contribution in [-0.4, -0.2) is 28.3 Å². The van der Waals surface area contributed by atoms with Gasteiger partial charge in [-0.2, -0.15) is 0 Å². The fraction of sp³-hybridized carbons (Fsp3) is 0.600. The van der Waals surface area contributed by atoms with Gasteiger partial charge in [0, 0.05) is 16.9 Å². The minimum Gasteiger partial charge on any atom is -0.493 e. The number of hydrogen-bond donors (Lipinski definition) is 2. The van der Waals surface area contributed by atoms with Crippen molar-refractivity contribution >= 4 is 11.6 Å². The molecule has 0 spiro atoms. The topological polar surface area (TPSA) is 49.7 Å². The average molecular weight is 283 g/mol. The van der Waals surface area contributed by atoms with E-state index in [4.69, 9.17) is 16.3 Å². The molecule has 1 unspecified atom stereocenters. The second-order valence-electron chi connectivity index (χ2n) is 5.59. The Labute approximate surface area is 118 Å². The number of fused-ring (bicyclic) bond motifs is 1. The lowest BCUT2D eigenvalue weighted by Crippen LogP contribution is -2.20. The zero-order valence-corrected chi connectivity index (χ0v) is 11.5. The second-order valence-corrected chi connectivity index (χ2v) is 6.20. The summed E-state index contributed by atoms with van der Waals surface area (Å²) in [5.41, 5.74) is 2.10. The number of hydrogen-bond acceptors (Lipinski definition) is 3. The zero-order chi connectivity index (χ0) is 13.4. The van der Waals surface area contributed by atoms with Crippen LogP contribution in [0, 0.1) is 5.92 Å². The minimum atomic E-state index is -0.358. The molecule has 2 N–H and O–H groups in total. The molecule has 0 aromatic heterocycles. The van der Waals surface area contributed by atoms with Crippen molar-refractivity contribution in [1.82, 2.24) is 0 Å². The van der Waals surface area contributed by atoms with Gasteiger partial charge < -0.3 is 14.9 Å². The van der Waals surface area contributed by atoms with Gasteiger partial charge in [0.2, 0.25) is 0 Å². The average Bonchev–Trinajstić information content (AvgIpc) is 2.91. The molecule has 0 radical (unpaired) electrons. The number of halogens is 1. The Kier molecular flexibility index (Phi) is 3.70. The van der Waals surface area contributed by atoms with E-state index in [2.05, 4.69) is 0 Å². The van der Waals surface area contributed by atoms with Crippen LogP contribution in [0.15, 0.2) is 18.2 Å². The van der Waals surface area contributed by atoms with Crippen molar-refractivity contribution in [3.05, 3.63) is 29.3 Å². The van der Waals surface area contributed by atoms with Gasteiger partial charge in [-0.15, -0.1) is 11.6 Å². The van der Waals surface area contributed by atoms with Crippen molar-refractivity contribution < 1.29 is 14.9 Å². The molecule has 104 valence electrons. The molecule has 1 aromatic rings. The van der Waals surface area contributed by atoms with E-state index in [1.807, 2.05) is 18.2 Å². The maximum Gasteiger partial charge on any atom is 0.122 e. The summed E-state index contributed by atoms with van der Waals surface area (Å²) < 4.78 is 5.87. The van der Waals surface area contributed by atoms with E-state index in [-0.39, 0.29) is 23.5 Å². The third kappa shape index (κ3) is 2.60. The summed E-state index contributed by atoms with van der Waals surface area (Å²) in [6, 6.07) is 5.81. The van der Waals surface area contributed by atoms with Crippen LogP contribution in [0.3, 0.4) is 0 Å². The van der Waals surface area contributed by atoms with Gasteiger partial charge in [-0.1, -0.05) is 12.1 Å².